The van der Waals surface area contributed by atoms with Gasteiger partial charge in [0.15, 0.2) is 0 Å². The number of nitrogens with zero attached hydrogens (tertiary/aromatic N) is 1. The first-order valence-electron chi connectivity index (χ1n) is 7.18. The van der Waals surface area contributed by atoms with Crippen LogP contribution in [0.5, 0.6) is 0 Å². The monoisotopic (exact) mass is 249 g/mol. The zero-order valence-electron chi connectivity index (χ0n) is 11.2. The molecule has 2 heterocycles. The van der Waals surface area contributed by atoms with Crippen molar-refractivity contribution in [2.45, 2.75) is 44.7 Å². The molecule has 4 nitrogen and oxygen atoms in total. The average molecular weight is 249 g/mol. The van der Waals surface area contributed by atoms with Gasteiger partial charge in [-0.25, -0.2) is 0 Å². The van der Waals surface area contributed by atoms with E-state index in [2.05, 4.69) is 15.5 Å². The van der Waals surface area contributed by atoms with Crippen molar-refractivity contribution in [2.24, 2.45) is 0 Å². The van der Waals surface area contributed by atoms with Crippen LogP contribution in [-0.2, 0) is 4.79 Å². The number of likely N-dealkylation sites (tertiary alicyclic amines) is 1. The van der Waals surface area contributed by atoms with Crippen LogP contribution in [0.2, 0.25) is 0 Å². The number of carbonyl (C=O) groups is 1. The molecule has 0 aromatic carbocycles. The maximum atomic E-state index is 12.1. The predicted molar refractivity (Wildman–Crippen MR) is 71.3 cm³/mol. The molecule has 0 spiro atoms. The van der Waals surface area contributed by atoms with Crippen molar-refractivity contribution < 1.29 is 4.79 Å². The van der Waals surface area contributed by atoms with E-state index in [1.807, 2.05) is 6.92 Å². The molecular weight excluding hydrogens is 226 g/mol. The van der Waals surface area contributed by atoms with Gasteiger partial charge in [0.2, 0.25) is 5.91 Å². The molecule has 2 aliphatic heterocycles. The number of piperidine rings is 1. The first-order valence-corrected chi connectivity index (χ1v) is 7.18. The van der Waals surface area contributed by atoms with Crippen LogP contribution in [0.25, 0.3) is 0 Å². The Morgan fingerprint density at radius 1 is 1.22 bits per heavy atom. The fraction of sp³-hybridized carbons (Fsp3) is 0.786. The van der Waals surface area contributed by atoms with Crippen molar-refractivity contribution in [3.63, 3.8) is 0 Å². The molecule has 0 unspecified atom stereocenters. The van der Waals surface area contributed by atoms with Gasteiger partial charge in [-0.05, 0) is 38.2 Å². The molecule has 0 aromatic heterocycles. The summed E-state index contributed by atoms with van der Waals surface area (Å²) in [4.78, 5) is 14.6. The highest BCUT2D eigenvalue weighted by molar-refractivity contribution is 5.94. The second-order valence-electron chi connectivity index (χ2n) is 5.85. The lowest BCUT2D eigenvalue weighted by atomic mass is 10.0. The van der Waals surface area contributed by atoms with Crippen LogP contribution in [0, 0.1) is 0 Å². The Balaban J connectivity index is 1.47. The number of amides is 1. The summed E-state index contributed by atoms with van der Waals surface area (Å²) in [6.45, 7) is 6.04. The molecule has 1 saturated carbocycles. The van der Waals surface area contributed by atoms with Crippen molar-refractivity contribution in [1.82, 2.24) is 15.5 Å². The van der Waals surface area contributed by atoms with Gasteiger partial charge in [-0.3, -0.25) is 4.79 Å². The molecular formula is C14H23N3O. The van der Waals surface area contributed by atoms with E-state index < -0.39 is 0 Å². The van der Waals surface area contributed by atoms with Crippen LogP contribution >= 0.6 is 0 Å². The largest absolute Gasteiger partial charge is 0.349 e. The average Bonchev–Trinajstić information content (AvgIpc) is 3.11. The van der Waals surface area contributed by atoms with E-state index in [4.69, 9.17) is 0 Å². The maximum Gasteiger partial charge on any atom is 0.247 e. The second-order valence-corrected chi connectivity index (χ2v) is 5.85. The van der Waals surface area contributed by atoms with Gasteiger partial charge in [-0.2, -0.15) is 0 Å². The van der Waals surface area contributed by atoms with Crippen molar-refractivity contribution in [3.8, 4) is 0 Å². The molecule has 1 aliphatic carbocycles. The van der Waals surface area contributed by atoms with Gasteiger partial charge in [-0.15, -0.1) is 0 Å². The highest BCUT2D eigenvalue weighted by Gasteiger charge is 2.32. The summed E-state index contributed by atoms with van der Waals surface area (Å²) in [7, 11) is 0. The lowest BCUT2D eigenvalue weighted by Crippen LogP contribution is -2.46. The predicted octanol–water partition coefficient (Wildman–Crippen LogP) is 0.649. The fourth-order valence-corrected chi connectivity index (χ4v) is 2.82. The molecule has 1 amide bonds. The summed E-state index contributed by atoms with van der Waals surface area (Å²) in [6.07, 6.45) is 5.00. The smallest absolute Gasteiger partial charge is 0.247 e. The normalized spacial score (nSPS) is 25.7. The number of hydrogen-bond donors (Lipinski definition) is 2. The quantitative estimate of drug-likeness (QED) is 0.722. The Morgan fingerprint density at radius 2 is 1.89 bits per heavy atom. The van der Waals surface area contributed by atoms with Crippen LogP contribution < -0.4 is 10.6 Å². The molecule has 0 atom stereocenters. The van der Waals surface area contributed by atoms with Gasteiger partial charge >= 0.3 is 0 Å². The van der Waals surface area contributed by atoms with E-state index in [1.54, 1.807) is 0 Å². The zero-order chi connectivity index (χ0) is 12.5. The van der Waals surface area contributed by atoms with Gasteiger partial charge in [0.05, 0.1) is 0 Å². The molecule has 2 N–H and O–H groups in total. The summed E-state index contributed by atoms with van der Waals surface area (Å²) in [5.74, 6) is 0.149. The summed E-state index contributed by atoms with van der Waals surface area (Å²) in [5.41, 5.74) is 2.20. The number of carbonyl (C=O) groups excluding carboxylic acids is 1. The van der Waals surface area contributed by atoms with Crippen LogP contribution in [0.1, 0.15) is 32.6 Å². The summed E-state index contributed by atoms with van der Waals surface area (Å²) < 4.78 is 0. The Morgan fingerprint density at radius 3 is 2.39 bits per heavy atom. The van der Waals surface area contributed by atoms with Crippen molar-refractivity contribution in [2.75, 3.05) is 26.2 Å². The molecule has 0 aromatic rings. The molecule has 18 heavy (non-hydrogen) atoms. The van der Waals surface area contributed by atoms with Crippen molar-refractivity contribution in [3.05, 3.63) is 11.1 Å². The molecule has 3 fully saturated rings. The summed E-state index contributed by atoms with van der Waals surface area (Å²) in [5, 5.41) is 6.38. The molecule has 2 saturated heterocycles. The molecule has 4 heteroatoms. The number of rotatable bonds is 3. The van der Waals surface area contributed by atoms with Crippen LogP contribution in [-0.4, -0.2) is 49.1 Å². The van der Waals surface area contributed by atoms with E-state index in [0.29, 0.717) is 6.04 Å². The van der Waals surface area contributed by atoms with Crippen molar-refractivity contribution in [1.29, 1.82) is 0 Å². The second kappa shape index (κ2) is 5.02. The van der Waals surface area contributed by atoms with Gasteiger partial charge in [0, 0.05) is 43.8 Å². The third kappa shape index (κ3) is 2.59. The Hall–Kier alpha value is -0.870. The Bertz CT molecular complexity index is 359. The first kappa shape index (κ1) is 12.2. The highest BCUT2D eigenvalue weighted by atomic mass is 16.1. The minimum Gasteiger partial charge on any atom is -0.349 e. The lowest BCUT2D eigenvalue weighted by molar-refractivity contribution is -0.118. The van der Waals surface area contributed by atoms with Gasteiger partial charge in [0.25, 0.3) is 0 Å². The third-order valence-corrected chi connectivity index (χ3v) is 4.48. The maximum absolute atomic E-state index is 12.1. The summed E-state index contributed by atoms with van der Waals surface area (Å²) >= 11 is 0. The Labute approximate surface area is 109 Å². The van der Waals surface area contributed by atoms with E-state index in [0.717, 1.165) is 50.6 Å². The molecule has 0 radical (unpaired) electrons. The number of hydrogen-bond acceptors (Lipinski definition) is 3. The van der Waals surface area contributed by atoms with Gasteiger partial charge in [-0.1, -0.05) is 0 Å². The van der Waals surface area contributed by atoms with Crippen molar-refractivity contribution >= 4 is 5.91 Å². The lowest BCUT2D eigenvalue weighted by Gasteiger charge is -2.32. The SMILES string of the molecule is CC(C(=O)NC1CCN(C2CC2)CC1)=C1CNC1. The minimum atomic E-state index is 0.149. The van der Waals surface area contributed by atoms with Gasteiger partial charge in [0.1, 0.15) is 0 Å². The van der Waals surface area contributed by atoms with E-state index >= 15 is 0 Å². The molecule has 100 valence electrons. The molecule has 3 aliphatic rings. The van der Waals surface area contributed by atoms with Gasteiger partial charge < -0.3 is 15.5 Å². The zero-order valence-corrected chi connectivity index (χ0v) is 11.2. The van der Waals surface area contributed by atoms with E-state index in [9.17, 15) is 4.79 Å². The standard InChI is InChI=1S/C14H23N3O/c1-10(11-8-15-9-11)14(18)16-12-4-6-17(7-5-12)13-2-3-13/h12-13,15H,2-9H2,1H3,(H,16,18). The van der Waals surface area contributed by atoms with Crippen LogP contribution in [0.3, 0.4) is 0 Å². The third-order valence-electron chi connectivity index (χ3n) is 4.48. The Kier molecular flexibility index (Phi) is 3.39. The number of nitrogens with one attached hydrogen (secondary N) is 2. The van der Waals surface area contributed by atoms with E-state index in [-0.39, 0.29) is 5.91 Å². The molecule has 3 rings (SSSR count). The van der Waals surface area contributed by atoms with Crippen LogP contribution in [0.15, 0.2) is 11.1 Å². The summed E-state index contributed by atoms with van der Waals surface area (Å²) in [6, 6.07) is 1.25. The fourth-order valence-electron chi connectivity index (χ4n) is 2.82. The minimum absolute atomic E-state index is 0.149. The topological polar surface area (TPSA) is 44.4 Å². The highest BCUT2D eigenvalue weighted by Crippen LogP contribution is 2.29. The molecule has 0 bridgehead atoms. The van der Waals surface area contributed by atoms with E-state index in [1.165, 1.54) is 18.4 Å². The first-order chi connectivity index (χ1) is 8.74. The van der Waals surface area contributed by atoms with Crippen LogP contribution in [0.4, 0.5) is 0 Å².